The molecule has 3 amide bonds. The Labute approximate surface area is 172 Å². The second kappa shape index (κ2) is 5.68. The summed E-state index contributed by atoms with van der Waals surface area (Å²) in [6.07, 6.45) is 1.77. The number of para-hydroxylation sites is 1. The number of carbonyl (C=O) groups is 3. The van der Waals surface area contributed by atoms with Crippen molar-refractivity contribution in [3.8, 4) is 0 Å². The summed E-state index contributed by atoms with van der Waals surface area (Å²) in [5.41, 5.74) is 0.913. The first-order valence-corrected chi connectivity index (χ1v) is 10.3. The number of nitrogens with one attached hydrogen (secondary N) is 2. The lowest BCUT2D eigenvalue weighted by atomic mass is 9.75. The Morgan fingerprint density at radius 1 is 1.07 bits per heavy atom. The van der Waals surface area contributed by atoms with Crippen LogP contribution < -0.4 is 15.1 Å². The summed E-state index contributed by atoms with van der Waals surface area (Å²) in [7, 11) is 0. The third kappa shape index (κ3) is 1.93. The number of imide groups is 1. The Hall–Kier alpha value is -2.70. The lowest BCUT2D eigenvalue weighted by molar-refractivity contribution is -0.948. The van der Waals surface area contributed by atoms with Crippen molar-refractivity contribution in [2.24, 2.45) is 11.8 Å². The fourth-order valence-electron chi connectivity index (χ4n) is 6.26. The normalized spacial score (nSPS) is 34.5. The third-order valence-electron chi connectivity index (χ3n) is 7.19. The molecule has 1 unspecified atom stereocenters. The number of carbonyl (C=O) groups excluding carboxylic acids is 3. The van der Waals surface area contributed by atoms with E-state index >= 15 is 0 Å². The van der Waals surface area contributed by atoms with Crippen LogP contribution in [0, 0.1) is 11.8 Å². The number of amides is 3. The number of rotatable bonds is 1. The molecular weight excluding hydrogens is 390 g/mol. The number of benzene rings is 2. The third-order valence-corrected chi connectivity index (χ3v) is 7.43. The van der Waals surface area contributed by atoms with E-state index in [1.807, 2.05) is 18.2 Å². The number of anilines is 2. The van der Waals surface area contributed by atoms with Crippen LogP contribution in [0.2, 0.25) is 5.02 Å². The van der Waals surface area contributed by atoms with E-state index in [0.717, 1.165) is 29.8 Å². The van der Waals surface area contributed by atoms with Gasteiger partial charge < -0.3 is 10.2 Å². The highest BCUT2D eigenvalue weighted by atomic mass is 35.5. The average molecular weight is 409 g/mol. The number of halogens is 1. The van der Waals surface area contributed by atoms with E-state index in [1.54, 1.807) is 30.3 Å². The Morgan fingerprint density at radius 3 is 2.66 bits per heavy atom. The standard InChI is InChI=1S/C22H18ClN3O3/c23-12-8-9-15-14(11-12)22(21(29)24-15)18-17(16-7-4-10-25(16)22)19(27)26(20(18)28)13-5-2-1-3-6-13/h1-3,5-6,8-9,11,16-18H,4,7,10H2,(H,24,29)/p+1/t16-,17+,18-,22+/m0/s1. The van der Waals surface area contributed by atoms with Crippen molar-refractivity contribution in [3.63, 3.8) is 0 Å². The molecule has 29 heavy (non-hydrogen) atoms. The van der Waals surface area contributed by atoms with Crippen LogP contribution in [-0.2, 0) is 19.9 Å². The highest BCUT2D eigenvalue weighted by molar-refractivity contribution is 6.31. The average Bonchev–Trinajstić information content (AvgIpc) is 3.41. The highest BCUT2D eigenvalue weighted by Gasteiger charge is 2.78. The second-order valence-electron chi connectivity index (χ2n) is 8.33. The van der Waals surface area contributed by atoms with E-state index in [-0.39, 0.29) is 23.8 Å². The number of nitrogens with zero attached hydrogens (tertiary/aromatic N) is 1. The zero-order valence-corrected chi connectivity index (χ0v) is 16.3. The molecule has 4 aliphatic rings. The molecule has 6 nitrogen and oxygen atoms in total. The molecule has 0 aromatic heterocycles. The minimum Gasteiger partial charge on any atom is -0.320 e. The topological polar surface area (TPSA) is 70.9 Å². The van der Waals surface area contributed by atoms with Gasteiger partial charge in [-0.15, -0.1) is 0 Å². The molecule has 4 aliphatic heterocycles. The molecule has 1 spiro atoms. The molecule has 7 heteroatoms. The molecule has 2 aromatic rings. The fraction of sp³-hybridized carbons (Fsp3) is 0.318. The number of quaternary nitrogens is 1. The summed E-state index contributed by atoms with van der Waals surface area (Å²) in [4.78, 5) is 43.0. The molecular formula is C22H19ClN3O3+. The van der Waals surface area contributed by atoms with Crippen LogP contribution in [0.15, 0.2) is 48.5 Å². The smallest absolute Gasteiger partial charge is 0.291 e. The van der Waals surface area contributed by atoms with Gasteiger partial charge in [0.25, 0.3) is 5.91 Å². The Bertz CT molecular complexity index is 1090. The lowest BCUT2D eigenvalue weighted by Crippen LogP contribution is -3.19. The van der Waals surface area contributed by atoms with E-state index in [1.165, 1.54) is 4.90 Å². The highest BCUT2D eigenvalue weighted by Crippen LogP contribution is 2.52. The number of hydrogen-bond acceptors (Lipinski definition) is 3. The molecule has 0 radical (unpaired) electrons. The first-order valence-electron chi connectivity index (χ1n) is 9.95. The predicted octanol–water partition coefficient (Wildman–Crippen LogP) is 1.35. The Balaban J connectivity index is 1.58. The van der Waals surface area contributed by atoms with Gasteiger partial charge in [-0.2, -0.15) is 0 Å². The lowest BCUT2D eigenvalue weighted by Gasteiger charge is -2.33. The Kier molecular flexibility index (Phi) is 3.36. The zero-order valence-electron chi connectivity index (χ0n) is 15.5. The quantitative estimate of drug-likeness (QED) is 0.700. The molecule has 0 bridgehead atoms. The van der Waals surface area contributed by atoms with Gasteiger partial charge in [0.15, 0.2) is 0 Å². The van der Waals surface area contributed by atoms with E-state index in [4.69, 9.17) is 11.6 Å². The van der Waals surface area contributed by atoms with Crippen molar-refractivity contribution in [1.82, 2.24) is 0 Å². The molecule has 0 saturated carbocycles. The molecule has 4 heterocycles. The summed E-state index contributed by atoms with van der Waals surface area (Å²) in [5.74, 6) is -1.86. The van der Waals surface area contributed by atoms with Crippen LogP contribution in [0.4, 0.5) is 11.4 Å². The first kappa shape index (κ1) is 17.2. The number of hydrogen-bond donors (Lipinski definition) is 2. The van der Waals surface area contributed by atoms with Gasteiger partial charge in [0.05, 0.1) is 17.9 Å². The van der Waals surface area contributed by atoms with Crippen molar-refractivity contribution >= 4 is 40.7 Å². The van der Waals surface area contributed by atoms with Crippen LogP contribution in [0.1, 0.15) is 18.4 Å². The van der Waals surface area contributed by atoms with Gasteiger partial charge in [0.2, 0.25) is 17.4 Å². The molecule has 2 N–H and O–H groups in total. The molecule has 3 saturated heterocycles. The van der Waals surface area contributed by atoms with Crippen molar-refractivity contribution < 1.29 is 19.3 Å². The van der Waals surface area contributed by atoms with Crippen molar-refractivity contribution in [2.45, 2.75) is 24.4 Å². The van der Waals surface area contributed by atoms with Crippen molar-refractivity contribution in [1.29, 1.82) is 0 Å². The maximum absolute atomic E-state index is 13.7. The molecule has 5 atom stereocenters. The minimum atomic E-state index is -1.09. The van der Waals surface area contributed by atoms with Crippen LogP contribution in [0.25, 0.3) is 0 Å². The van der Waals surface area contributed by atoms with Crippen molar-refractivity contribution in [2.75, 3.05) is 16.8 Å². The van der Waals surface area contributed by atoms with E-state index in [2.05, 4.69) is 5.32 Å². The zero-order chi connectivity index (χ0) is 19.9. The Morgan fingerprint density at radius 2 is 1.86 bits per heavy atom. The molecule has 146 valence electrons. The predicted molar refractivity (Wildman–Crippen MR) is 107 cm³/mol. The second-order valence-corrected chi connectivity index (χ2v) is 8.76. The molecule has 0 aliphatic carbocycles. The molecule has 6 rings (SSSR count). The van der Waals surface area contributed by atoms with Crippen LogP contribution in [0.5, 0.6) is 0 Å². The van der Waals surface area contributed by atoms with E-state index < -0.39 is 17.4 Å². The van der Waals surface area contributed by atoms with Gasteiger partial charge in [-0.3, -0.25) is 14.4 Å². The van der Waals surface area contributed by atoms with Crippen molar-refractivity contribution in [3.05, 3.63) is 59.1 Å². The van der Waals surface area contributed by atoms with Crippen LogP contribution in [-0.4, -0.2) is 30.3 Å². The van der Waals surface area contributed by atoms with Crippen LogP contribution >= 0.6 is 11.6 Å². The largest absolute Gasteiger partial charge is 0.320 e. The summed E-state index contributed by atoms with van der Waals surface area (Å²) in [6.45, 7) is 0.767. The van der Waals surface area contributed by atoms with Gasteiger partial charge in [0.1, 0.15) is 17.9 Å². The van der Waals surface area contributed by atoms with E-state index in [0.29, 0.717) is 16.4 Å². The van der Waals surface area contributed by atoms with E-state index in [9.17, 15) is 14.4 Å². The SMILES string of the molecule is O=C1[C@H]2[C@@H](C(=O)N1c1ccccc1)[C@]1(C(=O)Nc3ccc(Cl)cc31)[NH+]1CCC[C@@H]21. The maximum atomic E-state index is 13.7. The van der Waals surface area contributed by atoms with Gasteiger partial charge in [-0.25, -0.2) is 4.90 Å². The van der Waals surface area contributed by atoms with Gasteiger partial charge >= 0.3 is 0 Å². The summed E-state index contributed by atoms with van der Waals surface area (Å²) in [5, 5.41) is 3.50. The minimum absolute atomic E-state index is 0.0409. The summed E-state index contributed by atoms with van der Waals surface area (Å²) < 4.78 is 0. The fourth-order valence-corrected chi connectivity index (χ4v) is 6.44. The van der Waals surface area contributed by atoms with Gasteiger partial charge in [0, 0.05) is 23.4 Å². The molecule has 2 aromatic carbocycles. The summed E-state index contributed by atoms with van der Waals surface area (Å²) >= 11 is 6.30. The monoisotopic (exact) mass is 408 g/mol. The van der Waals surface area contributed by atoms with Crippen LogP contribution in [0.3, 0.4) is 0 Å². The molecule has 3 fully saturated rings. The number of fused-ring (bicyclic) bond motifs is 7. The maximum Gasteiger partial charge on any atom is 0.291 e. The summed E-state index contributed by atoms with van der Waals surface area (Å²) in [6, 6.07) is 14.3. The first-order chi connectivity index (χ1) is 14.0. The van der Waals surface area contributed by atoms with Gasteiger partial charge in [-0.05, 0) is 30.3 Å². The van der Waals surface area contributed by atoms with Gasteiger partial charge in [-0.1, -0.05) is 29.8 Å².